The summed E-state index contributed by atoms with van der Waals surface area (Å²) in [4.78, 5) is 2.66. The fraction of sp³-hybridized carbons (Fsp3) is 0.692. The summed E-state index contributed by atoms with van der Waals surface area (Å²) in [6.07, 6.45) is 3.83. The second-order valence-corrected chi connectivity index (χ2v) is 5.34. The molecule has 0 bridgehead atoms. The fourth-order valence-electron chi connectivity index (χ4n) is 2.42. The molecular weight excluding hydrogens is 216 g/mol. The largest absolute Gasteiger partial charge is 0.314 e. The second-order valence-electron chi connectivity index (χ2n) is 4.56. The van der Waals surface area contributed by atoms with Crippen molar-refractivity contribution in [2.24, 2.45) is 0 Å². The van der Waals surface area contributed by atoms with Gasteiger partial charge < -0.3 is 5.32 Å². The Hall–Kier alpha value is -0.380. The van der Waals surface area contributed by atoms with Gasteiger partial charge in [-0.15, -0.1) is 0 Å². The minimum atomic E-state index is 0.761. The lowest BCUT2D eigenvalue weighted by Crippen LogP contribution is -2.51. The Kier molecular flexibility index (Phi) is 4.82. The lowest BCUT2D eigenvalue weighted by molar-refractivity contribution is 0.154. The van der Waals surface area contributed by atoms with Crippen molar-refractivity contribution in [1.29, 1.82) is 0 Å². The van der Waals surface area contributed by atoms with Gasteiger partial charge in [-0.2, -0.15) is 11.3 Å². The monoisotopic (exact) mass is 238 g/mol. The Bertz CT molecular complexity index is 282. The van der Waals surface area contributed by atoms with Crippen LogP contribution in [0.1, 0.15) is 25.3 Å². The summed E-state index contributed by atoms with van der Waals surface area (Å²) in [5.74, 6) is 0. The molecule has 1 N–H and O–H groups in total. The first kappa shape index (κ1) is 12.1. The molecule has 16 heavy (non-hydrogen) atoms. The van der Waals surface area contributed by atoms with E-state index in [1.54, 1.807) is 11.3 Å². The van der Waals surface area contributed by atoms with Crippen molar-refractivity contribution in [3.8, 4) is 0 Å². The Morgan fingerprint density at radius 3 is 3.25 bits per heavy atom. The Morgan fingerprint density at radius 2 is 2.50 bits per heavy atom. The molecule has 1 atom stereocenters. The van der Waals surface area contributed by atoms with E-state index in [-0.39, 0.29) is 0 Å². The third-order valence-electron chi connectivity index (χ3n) is 3.36. The average molecular weight is 238 g/mol. The predicted octanol–water partition coefficient (Wildman–Crippen LogP) is 2.36. The van der Waals surface area contributed by atoms with Gasteiger partial charge in [-0.1, -0.05) is 13.3 Å². The van der Waals surface area contributed by atoms with E-state index in [1.165, 1.54) is 44.5 Å². The van der Waals surface area contributed by atoms with Gasteiger partial charge in [0.15, 0.2) is 0 Å². The van der Waals surface area contributed by atoms with Crippen LogP contribution in [0.25, 0.3) is 0 Å². The smallest absolute Gasteiger partial charge is 0.0221 e. The van der Waals surface area contributed by atoms with E-state index in [2.05, 4.69) is 34.0 Å². The summed E-state index contributed by atoms with van der Waals surface area (Å²) < 4.78 is 0. The molecule has 1 aromatic rings. The SMILES string of the molecule is CCCC1CNCCN1CCc1ccsc1. The summed E-state index contributed by atoms with van der Waals surface area (Å²) in [6.45, 7) is 7.06. The number of piperazine rings is 1. The number of nitrogens with zero attached hydrogens (tertiary/aromatic N) is 1. The van der Waals surface area contributed by atoms with Crippen molar-refractivity contribution < 1.29 is 0 Å². The van der Waals surface area contributed by atoms with E-state index in [4.69, 9.17) is 0 Å². The molecule has 0 aromatic carbocycles. The van der Waals surface area contributed by atoms with E-state index in [0.29, 0.717) is 0 Å². The first-order chi connectivity index (χ1) is 7.90. The molecule has 1 aliphatic heterocycles. The second kappa shape index (κ2) is 6.38. The van der Waals surface area contributed by atoms with Gasteiger partial charge in [0.05, 0.1) is 0 Å². The number of thiophene rings is 1. The Labute approximate surface area is 103 Å². The first-order valence-electron chi connectivity index (χ1n) is 6.36. The molecule has 2 nitrogen and oxygen atoms in total. The molecule has 0 aliphatic carbocycles. The van der Waals surface area contributed by atoms with Gasteiger partial charge in [0, 0.05) is 32.2 Å². The van der Waals surface area contributed by atoms with E-state index in [9.17, 15) is 0 Å². The Balaban J connectivity index is 1.81. The molecule has 3 heteroatoms. The average Bonchev–Trinajstić information content (AvgIpc) is 2.81. The molecule has 0 radical (unpaired) electrons. The lowest BCUT2D eigenvalue weighted by atomic mass is 10.1. The highest BCUT2D eigenvalue weighted by atomic mass is 32.1. The molecule has 1 aromatic heterocycles. The lowest BCUT2D eigenvalue weighted by Gasteiger charge is -2.36. The van der Waals surface area contributed by atoms with Crippen LogP contribution in [0.5, 0.6) is 0 Å². The van der Waals surface area contributed by atoms with E-state index in [0.717, 1.165) is 12.6 Å². The molecule has 90 valence electrons. The van der Waals surface area contributed by atoms with Gasteiger partial charge in [0.25, 0.3) is 0 Å². The van der Waals surface area contributed by atoms with Gasteiger partial charge in [-0.05, 0) is 35.2 Å². The molecule has 1 aliphatic rings. The van der Waals surface area contributed by atoms with Crippen LogP contribution in [0.3, 0.4) is 0 Å². The van der Waals surface area contributed by atoms with Gasteiger partial charge >= 0.3 is 0 Å². The van der Waals surface area contributed by atoms with Crippen molar-refractivity contribution >= 4 is 11.3 Å². The zero-order valence-electron chi connectivity index (χ0n) is 10.1. The summed E-state index contributed by atoms with van der Waals surface area (Å²) in [5, 5.41) is 7.96. The van der Waals surface area contributed by atoms with Crippen LogP contribution in [0.2, 0.25) is 0 Å². The van der Waals surface area contributed by atoms with E-state index in [1.807, 2.05) is 0 Å². The topological polar surface area (TPSA) is 15.3 Å². The normalized spacial score (nSPS) is 22.4. The third-order valence-corrected chi connectivity index (χ3v) is 4.09. The minimum Gasteiger partial charge on any atom is -0.314 e. The maximum atomic E-state index is 3.50. The fourth-order valence-corrected chi connectivity index (χ4v) is 3.13. The van der Waals surface area contributed by atoms with Gasteiger partial charge in [-0.3, -0.25) is 4.90 Å². The Morgan fingerprint density at radius 1 is 1.56 bits per heavy atom. The zero-order chi connectivity index (χ0) is 11.2. The number of nitrogens with one attached hydrogen (secondary N) is 1. The van der Waals surface area contributed by atoms with Crippen LogP contribution in [0.4, 0.5) is 0 Å². The van der Waals surface area contributed by atoms with E-state index < -0.39 is 0 Å². The van der Waals surface area contributed by atoms with Crippen LogP contribution in [-0.4, -0.2) is 37.1 Å². The highest BCUT2D eigenvalue weighted by molar-refractivity contribution is 7.07. The van der Waals surface area contributed by atoms with Crippen LogP contribution in [0, 0.1) is 0 Å². The number of hydrogen-bond acceptors (Lipinski definition) is 3. The molecule has 2 heterocycles. The van der Waals surface area contributed by atoms with Crippen LogP contribution in [0.15, 0.2) is 16.8 Å². The molecule has 1 fully saturated rings. The van der Waals surface area contributed by atoms with Crippen molar-refractivity contribution in [1.82, 2.24) is 10.2 Å². The maximum Gasteiger partial charge on any atom is 0.0221 e. The summed E-state index contributed by atoms with van der Waals surface area (Å²) in [5.41, 5.74) is 1.50. The van der Waals surface area contributed by atoms with Crippen LogP contribution >= 0.6 is 11.3 Å². The molecule has 2 rings (SSSR count). The van der Waals surface area contributed by atoms with Gasteiger partial charge in [-0.25, -0.2) is 0 Å². The minimum absolute atomic E-state index is 0.761. The van der Waals surface area contributed by atoms with E-state index >= 15 is 0 Å². The zero-order valence-corrected chi connectivity index (χ0v) is 10.9. The third kappa shape index (κ3) is 3.30. The molecule has 0 spiro atoms. The number of rotatable bonds is 5. The summed E-state index contributed by atoms with van der Waals surface area (Å²) >= 11 is 1.81. The quantitative estimate of drug-likeness (QED) is 0.847. The summed E-state index contributed by atoms with van der Waals surface area (Å²) in [7, 11) is 0. The molecule has 1 unspecified atom stereocenters. The molecular formula is C13H22N2S. The number of hydrogen-bond donors (Lipinski definition) is 1. The standard InChI is InChI=1S/C13H22N2S/c1-2-3-13-10-14-6-8-15(13)7-4-12-5-9-16-11-12/h5,9,11,13-14H,2-4,6-8,10H2,1H3. The molecule has 1 saturated heterocycles. The van der Waals surface area contributed by atoms with Gasteiger partial charge in [0.1, 0.15) is 0 Å². The summed E-state index contributed by atoms with van der Waals surface area (Å²) in [6, 6.07) is 3.01. The molecule has 0 saturated carbocycles. The highest BCUT2D eigenvalue weighted by Gasteiger charge is 2.20. The van der Waals surface area contributed by atoms with Crippen molar-refractivity contribution in [3.63, 3.8) is 0 Å². The van der Waals surface area contributed by atoms with Crippen LogP contribution < -0.4 is 5.32 Å². The van der Waals surface area contributed by atoms with Crippen molar-refractivity contribution in [2.75, 3.05) is 26.2 Å². The van der Waals surface area contributed by atoms with Crippen molar-refractivity contribution in [2.45, 2.75) is 32.2 Å². The maximum absolute atomic E-state index is 3.50. The molecule has 0 amide bonds. The van der Waals surface area contributed by atoms with Crippen LogP contribution in [-0.2, 0) is 6.42 Å². The van der Waals surface area contributed by atoms with Crippen molar-refractivity contribution in [3.05, 3.63) is 22.4 Å². The first-order valence-corrected chi connectivity index (χ1v) is 7.30. The highest BCUT2D eigenvalue weighted by Crippen LogP contribution is 2.12. The van der Waals surface area contributed by atoms with Gasteiger partial charge in [0.2, 0.25) is 0 Å². The predicted molar refractivity (Wildman–Crippen MR) is 71.2 cm³/mol.